The molecule has 18 heavy (non-hydrogen) atoms. The number of nitrogens with zero attached hydrogens (tertiary/aromatic N) is 2. The first-order valence-corrected chi connectivity index (χ1v) is 7.33. The van der Waals surface area contributed by atoms with Gasteiger partial charge in [-0.05, 0) is 25.0 Å². The number of rotatable bonds is 4. The molecule has 3 rings (SSSR count). The Balaban J connectivity index is 1.74. The molecule has 94 valence electrons. The van der Waals surface area contributed by atoms with Crippen molar-refractivity contribution in [1.82, 2.24) is 4.98 Å². The summed E-state index contributed by atoms with van der Waals surface area (Å²) in [5.41, 5.74) is 5.53. The summed E-state index contributed by atoms with van der Waals surface area (Å²) in [4.78, 5) is 6.76. The number of aromatic nitrogens is 1. The molecule has 1 aliphatic heterocycles. The van der Waals surface area contributed by atoms with Crippen molar-refractivity contribution in [2.45, 2.75) is 19.4 Å². The Morgan fingerprint density at radius 3 is 2.83 bits per heavy atom. The van der Waals surface area contributed by atoms with E-state index in [2.05, 4.69) is 44.8 Å². The van der Waals surface area contributed by atoms with Crippen LogP contribution in [0.4, 0.5) is 11.4 Å². The molecular weight excluding hydrogens is 242 g/mol. The zero-order valence-electron chi connectivity index (χ0n) is 10.3. The molecule has 0 saturated carbocycles. The van der Waals surface area contributed by atoms with Crippen LogP contribution >= 0.6 is 11.3 Å². The molecule has 0 radical (unpaired) electrons. The maximum atomic E-state index is 4.30. The third-order valence-corrected chi connectivity index (χ3v) is 3.93. The van der Waals surface area contributed by atoms with Crippen molar-refractivity contribution in [2.75, 3.05) is 23.3 Å². The molecule has 0 unspecified atom stereocenters. The average Bonchev–Trinajstić information content (AvgIpc) is 3.10. The van der Waals surface area contributed by atoms with Crippen molar-refractivity contribution in [2.24, 2.45) is 0 Å². The summed E-state index contributed by atoms with van der Waals surface area (Å²) in [6.45, 7) is 3.15. The normalized spacial score (nSPS) is 15.0. The highest BCUT2D eigenvalue weighted by Crippen LogP contribution is 2.28. The highest BCUT2D eigenvalue weighted by molar-refractivity contribution is 7.07. The molecule has 1 aliphatic rings. The van der Waals surface area contributed by atoms with Gasteiger partial charge in [0, 0.05) is 18.5 Å². The number of benzene rings is 1. The van der Waals surface area contributed by atoms with Gasteiger partial charge in [-0.3, -0.25) is 0 Å². The first-order chi connectivity index (χ1) is 8.93. The summed E-state index contributed by atoms with van der Waals surface area (Å²) >= 11 is 1.64. The van der Waals surface area contributed by atoms with Crippen LogP contribution in [-0.4, -0.2) is 18.1 Å². The minimum atomic E-state index is 0.800. The van der Waals surface area contributed by atoms with Gasteiger partial charge in [0.05, 0.1) is 29.1 Å². The molecule has 4 heteroatoms. The van der Waals surface area contributed by atoms with Gasteiger partial charge in [0.1, 0.15) is 0 Å². The van der Waals surface area contributed by atoms with Gasteiger partial charge in [0.2, 0.25) is 0 Å². The maximum absolute atomic E-state index is 4.30. The minimum Gasteiger partial charge on any atom is -0.378 e. The highest BCUT2D eigenvalue weighted by atomic mass is 32.1. The smallest absolute Gasteiger partial charge is 0.0795 e. The van der Waals surface area contributed by atoms with Crippen LogP contribution in [-0.2, 0) is 6.54 Å². The maximum Gasteiger partial charge on any atom is 0.0795 e. The van der Waals surface area contributed by atoms with E-state index in [1.165, 1.54) is 37.3 Å². The lowest BCUT2D eigenvalue weighted by molar-refractivity contribution is 0.949. The molecule has 1 fully saturated rings. The van der Waals surface area contributed by atoms with Crippen molar-refractivity contribution in [1.29, 1.82) is 0 Å². The van der Waals surface area contributed by atoms with Gasteiger partial charge in [-0.1, -0.05) is 12.1 Å². The molecule has 0 bridgehead atoms. The lowest BCUT2D eigenvalue weighted by Crippen LogP contribution is -2.19. The van der Waals surface area contributed by atoms with Crippen molar-refractivity contribution < 1.29 is 0 Å². The van der Waals surface area contributed by atoms with Crippen LogP contribution < -0.4 is 10.2 Å². The number of para-hydroxylation sites is 2. The molecule has 2 heterocycles. The summed E-state index contributed by atoms with van der Waals surface area (Å²) in [6.07, 6.45) is 2.61. The predicted molar refractivity (Wildman–Crippen MR) is 77.3 cm³/mol. The second-order valence-electron chi connectivity index (χ2n) is 4.54. The quantitative estimate of drug-likeness (QED) is 0.912. The average molecular weight is 259 g/mol. The fourth-order valence-electron chi connectivity index (χ4n) is 2.37. The van der Waals surface area contributed by atoms with Crippen LogP contribution in [0, 0.1) is 0 Å². The van der Waals surface area contributed by atoms with E-state index >= 15 is 0 Å². The SMILES string of the molecule is c1ccc(N2CCCC2)c(NCc2cscn2)c1. The first kappa shape index (κ1) is 11.5. The Kier molecular flexibility index (Phi) is 3.46. The Morgan fingerprint density at radius 1 is 1.22 bits per heavy atom. The predicted octanol–water partition coefficient (Wildman–Crippen LogP) is 3.36. The molecule has 0 amide bonds. The topological polar surface area (TPSA) is 28.2 Å². The lowest BCUT2D eigenvalue weighted by atomic mass is 10.2. The first-order valence-electron chi connectivity index (χ1n) is 6.38. The van der Waals surface area contributed by atoms with E-state index < -0.39 is 0 Å². The summed E-state index contributed by atoms with van der Waals surface area (Å²) < 4.78 is 0. The highest BCUT2D eigenvalue weighted by Gasteiger charge is 2.15. The van der Waals surface area contributed by atoms with E-state index in [-0.39, 0.29) is 0 Å². The van der Waals surface area contributed by atoms with Gasteiger partial charge in [-0.25, -0.2) is 4.98 Å². The molecule has 0 spiro atoms. The molecule has 3 nitrogen and oxygen atoms in total. The Morgan fingerprint density at radius 2 is 2.06 bits per heavy atom. The summed E-state index contributed by atoms with van der Waals surface area (Å²) in [5, 5.41) is 5.58. The molecule has 2 aromatic rings. The van der Waals surface area contributed by atoms with Crippen molar-refractivity contribution in [3.8, 4) is 0 Å². The zero-order valence-corrected chi connectivity index (χ0v) is 11.1. The van der Waals surface area contributed by atoms with Crippen LogP contribution in [0.2, 0.25) is 0 Å². The van der Waals surface area contributed by atoms with Crippen LogP contribution in [0.1, 0.15) is 18.5 Å². The molecular formula is C14H17N3S. The standard InChI is InChI=1S/C14H17N3S/c1-2-6-14(17-7-3-4-8-17)13(5-1)15-9-12-10-18-11-16-12/h1-2,5-6,10-11,15H,3-4,7-9H2. The van der Waals surface area contributed by atoms with Gasteiger partial charge < -0.3 is 10.2 Å². The van der Waals surface area contributed by atoms with Crippen molar-refractivity contribution in [3.63, 3.8) is 0 Å². The van der Waals surface area contributed by atoms with E-state index in [0.717, 1.165) is 12.2 Å². The number of hydrogen-bond donors (Lipinski definition) is 1. The fraction of sp³-hybridized carbons (Fsp3) is 0.357. The zero-order chi connectivity index (χ0) is 12.2. The number of thiazole rings is 1. The second kappa shape index (κ2) is 5.40. The van der Waals surface area contributed by atoms with E-state index in [9.17, 15) is 0 Å². The Hall–Kier alpha value is -1.55. The minimum absolute atomic E-state index is 0.800. The molecule has 1 aromatic carbocycles. The van der Waals surface area contributed by atoms with Crippen molar-refractivity contribution in [3.05, 3.63) is 40.8 Å². The monoisotopic (exact) mass is 259 g/mol. The number of hydrogen-bond acceptors (Lipinski definition) is 4. The van der Waals surface area contributed by atoms with Crippen LogP contribution in [0.5, 0.6) is 0 Å². The number of anilines is 2. The van der Waals surface area contributed by atoms with Crippen LogP contribution in [0.25, 0.3) is 0 Å². The molecule has 1 saturated heterocycles. The third-order valence-electron chi connectivity index (χ3n) is 3.29. The van der Waals surface area contributed by atoms with E-state index in [0.29, 0.717) is 0 Å². The fourth-order valence-corrected chi connectivity index (χ4v) is 2.93. The van der Waals surface area contributed by atoms with Crippen LogP contribution in [0.3, 0.4) is 0 Å². The summed E-state index contributed by atoms with van der Waals surface area (Å²) in [6, 6.07) is 8.55. The van der Waals surface area contributed by atoms with Gasteiger partial charge in [0.15, 0.2) is 0 Å². The summed E-state index contributed by atoms with van der Waals surface area (Å²) in [7, 11) is 0. The molecule has 0 aliphatic carbocycles. The van der Waals surface area contributed by atoms with E-state index in [1.807, 2.05) is 5.51 Å². The molecule has 1 aromatic heterocycles. The number of nitrogens with one attached hydrogen (secondary N) is 1. The van der Waals surface area contributed by atoms with Crippen molar-refractivity contribution >= 4 is 22.7 Å². The third kappa shape index (κ3) is 2.48. The Labute approximate surface area is 111 Å². The Bertz CT molecular complexity index is 490. The lowest BCUT2D eigenvalue weighted by Gasteiger charge is -2.21. The summed E-state index contributed by atoms with van der Waals surface area (Å²) in [5.74, 6) is 0. The van der Waals surface area contributed by atoms with E-state index in [1.54, 1.807) is 11.3 Å². The molecule has 0 atom stereocenters. The van der Waals surface area contributed by atoms with Gasteiger partial charge in [-0.15, -0.1) is 11.3 Å². The van der Waals surface area contributed by atoms with Gasteiger partial charge in [0.25, 0.3) is 0 Å². The largest absolute Gasteiger partial charge is 0.378 e. The van der Waals surface area contributed by atoms with Gasteiger partial charge in [-0.2, -0.15) is 0 Å². The second-order valence-corrected chi connectivity index (χ2v) is 5.26. The van der Waals surface area contributed by atoms with E-state index in [4.69, 9.17) is 0 Å². The van der Waals surface area contributed by atoms with Crippen LogP contribution in [0.15, 0.2) is 35.2 Å². The molecule has 1 N–H and O–H groups in total. The van der Waals surface area contributed by atoms with Gasteiger partial charge >= 0.3 is 0 Å².